The topological polar surface area (TPSA) is 73.9 Å². The van der Waals surface area contributed by atoms with Gasteiger partial charge < -0.3 is 19.5 Å². The number of nitrogens with one attached hydrogen (secondary N) is 1. The highest BCUT2D eigenvalue weighted by molar-refractivity contribution is 7.98. The first-order chi connectivity index (χ1) is 13.0. The summed E-state index contributed by atoms with van der Waals surface area (Å²) in [5, 5.41) is 2.75. The summed E-state index contributed by atoms with van der Waals surface area (Å²) in [5.74, 6) is 0.287. The Morgan fingerprint density at radius 3 is 2.30 bits per heavy atom. The predicted octanol–water partition coefficient (Wildman–Crippen LogP) is 3.29. The minimum Gasteiger partial charge on any atom is -0.493 e. The molecule has 6 nitrogen and oxygen atoms in total. The lowest BCUT2D eigenvalue weighted by Crippen LogP contribution is -2.35. The van der Waals surface area contributed by atoms with Gasteiger partial charge >= 0.3 is 5.97 Å². The molecular weight excluding hydrogens is 366 g/mol. The van der Waals surface area contributed by atoms with Crippen LogP contribution in [-0.4, -0.2) is 38.5 Å². The minimum absolute atomic E-state index is 0.281. The fourth-order valence-corrected chi connectivity index (χ4v) is 2.74. The number of benzene rings is 2. The largest absolute Gasteiger partial charge is 0.493 e. The standard InChI is InChI=1S/C20H23NO5S/c1-13(26-20(23)15-6-8-16(27-4)9-7-15)19(22)21-12-14-5-10-17(24-2)18(11-14)25-3/h5-11,13H,12H2,1-4H3,(H,21,22)/t13-/m0/s1. The van der Waals surface area contributed by atoms with Crippen molar-refractivity contribution < 1.29 is 23.8 Å². The van der Waals surface area contributed by atoms with E-state index in [9.17, 15) is 9.59 Å². The van der Waals surface area contributed by atoms with Crippen LogP contribution in [0.15, 0.2) is 47.4 Å². The number of hydrogen-bond acceptors (Lipinski definition) is 6. The van der Waals surface area contributed by atoms with Crippen molar-refractivity contribution in [3.05, 3.63) is 53.6 Å². The highest BCUT2D eigenvalue weighted by Gasteiger charge is 2.19. The Morgan fingerprint density at radius 2 is 1.70 bits per heavy atom. The number of carbonyl (C=O) groups is 2. The molecule has 0 aliphatic rings. The van der Waals surface area contributed by atoms with Gasteiger partial charge in [0.05, 0.1) is 19.8 Å². The number of ether oxygens (including phenoxy) is 3. The van der Waals surface area contributed by atoms with Gasteiger partial charge in [0.2, 0.25) is 0 Å². The normalized spacial score (nSPS) is 11.4. The summed E-state index contributed by atoms with van der Waals surface area (Å²) < 4.78 is 15.7. The molecule has 1 amide bonds. The van der Waals surface area contributed by atoms with Crippen LogP contribution >= 0.6 is 11.8 Å². The summed E-state index contributed by atoms with van der Waals surface area (Å²) in [6.07, 6.45) is 1.05. The van der Waals surface area contributed by atoms with Crippen molar-refractivity contribution in [3.63, 3.8) is 0 Å². The van der Waals surface area contributed by atoms with Crippen molar-refractivity contribution in [2.24, 2.45) is 0 Å². The van der Waals surface area contributed by atoms with E-state index in [4.69, 9.17) is 14.2 Å². The molecule has 1 atom stereocenters. The van der Waals surface area contributed by atoms with Gasteiger partial charge in [0.25, 0.3) is 5.91 Å². The third-order valence-corrected chi connectivity index (χ3v) is 4.64. The molecule has 0 aliphatic heterocycles. The van der Waals surface area contributed by atoms with E-state index in [1.807, 2.05) is 24.5 Å². The van der Waals surface area contributed by atoms with E-state index in [2.05, 4.69) is 5.32 Å². The number of methoxy groups -OCH3 is 2. The lowest BCUT2D eigenvalue weighted by molar-refractivity contribution is -0.129. The maximum Gasteiger partial charge on any atom is 0.338 e. The second-order valence-electron chi connectivity index (χ2n) is 5.68. The SMILES string of the molecule is COc1ccc(CNC(=O)[C@H](C)OC(=O)c2ccc(SC)cc2)cc1OC. The average Bonchev–Trinajstić information content (AvgIpc) is 2.71. The van der Waals surface area contributed by atoms with Gasteiger partial charge in [-0.3, -0.25) is 4.79 Å². The summed E-state index contributed by atoms with van der Waals surface area (Å²) in [5.41, 5.74) is 1.25. The van der Waals surface area contributed by atoms with Crippen LogP contribution in [0.5, 0.6) is 11.5 Å². The maximum atomic E-state index is 12.2. The molecule has 7 heteroatoms. The number of hydrogen-bond donors (Lipinski definition) is 1. The first kappa shape index (κ1) is 20.6. The van der Waals surface area contributed by atoms with Crippen LogP contribution in [0.4, 0.5) is 0 Å². The molecule has 2 rings (SSSR count). The Morgan fingerprint density at radius 1 is 1.04 bits per heavy atom. The third kappa shape index (κ3) is 5.65. The van der Waals surface area contributed by atoms with Crippen molar-refractivity contribution in [2.45, 2.75) is 24.5 Å². The van der Waals surface area contributed by atoms with Crippen LogP contribution in [0.2, 0.25) is 0 Å². The van der Waals surface area contributed by atoms with E-state index in [1.54, 1.807) is 50.2 Å². The first-order valence-electron chi connectivity index (χ1n) is 8.32. The van der Waals surface area contributed by atoms with Gasteiger partial charge in [-0.15, -0.1) is 11.8 Å². The van der Waals surface area contributed by atoms with Gasteiger partial charge in [-0.1, -0.05) is 6.07 Å². The molecule has 2 aromatic carbocycles. The van der Waals surface area contributed by atoms with Crippen LogP contribution in [0.25, 0.3) is 0 Å². The van der Waals surface area contributed by atoms with E-state index in [-0.39, 0.29) is 12.5 Å². The van der Waals surface area contributed by atoms with E-state index in [0.29, 0.717) is 17.1 Å². The van der Waals surface area contributed by atoms with E-state index in [0.717, 1.165) is 10.5 Å². The maximum absolute atomic E-state index is 12.2. The zero-order valence-electron chi connectivity index (χ0n) is 15.8. The van der Waals surface area contributed by atoms with Crippen LogP contribution in [0.1, 0.15) is 22.8 Å². The zero-order valence-corrected chi connectivity index (χ0v) is 16.6. The summed E-state index contributed by atoms with van der Waals surface area (Å²) in [6, 6.07) is 12.4. The number of esters is 1. The van der Waals surface area contributed by atoms with Crippen molar-refractivity contribution in [1.82, 2.24) is 5.32 Å². The lowest BCUT2D eigenvalue weighted by Gasteiger charge is -2.14. The molecule has 0 spiro atoms. The van der Waals surface area contributed by atoms with Crippen molar-refractivity contribution in [1.29, 1.82) is 0 Å². The predicted molar refractivity (Wildman–Crippen MR) is 104 cm³/mol. The highest BCUT2D eigenvalue weighted by atomic mass is 32.2. The second kappa shape index (κ2) is 9.87. The Bertz CT molecular complexity index is 791. The smallest absolute Gasteiger partial charge is 0.338 e. The van der Waals surface area contributed by atoms with Crippen LogP contribution in [0.3, 0.4) is 0 Å². The van der Waals surface area contributed by atoms with Crippen LogP contribution < -0.4 is 14.8 Å². The molecule has 144 valence electrons. The zero-order chi connectivity index (χ0) is 19.8. The number of amides is 1. The van der Waals surface area contributed by atoms with Crippen molar-refractivity contribution in [2.75, 3.05) is 20.5 Å². The Labute approximate surface area is 163 Å². The van der Waals surface area contributed by atoms with Gasteiger partial charge in [-0.05, 0) is 55.1 Å². The molecule has 0 radical (unpaired) electrons. The quantitative estimate of drug-likeness (QED) is 0.552. The second-order valence-corrected chi connectivity index (χ2v) is 6.56. The molecule has 0 saturated heterocycles. The molecular formula is C20H23NO5S. The lowest BCUT2D eigenvalue weighted by atomic mass is 10.2. The van der Waals surface area contributed by atoms with Gasteiger partial charge in [-0.25, -0.2) is 4.79 Å². The molecule has 0 aromatic heterocycles. The molecule has 2 aromatic rings. The van der Waals surface area contributed by atoms with E-state index < -0.39 is 12.1 Å². The number of carbonyl (C=O) groups excluding carboxylic acids is 2. The van der Waals surface area contributed by atoms with Gasteiger partial charge in [0.1, 0.15) is 0 Å². The van der Waals surface area contributed by atoms with E-state index in [1.165, 1.54) is 6.92 Å². The fourth-order valence-electron chi connectivity index (χ4n) is 2.33. The molecule has 27 heavy (non-hydrogen) atoms. The Kier molecular flexibility index (Phi) is 7.55. The molecule has 0 fully saturated rings. The number of thioether (sulfide) groups is 1. The third-order valence-electron chi connectivity index (χ3n) is 3.89. The van der Waals surface area contributed by atoms with Crippen molar-refractivity contribution >= 4 is 23.6 Å². The molecule has 0 unspecified atom stereocenters. The minimum atomic E-state index is -0.905. The molecule has 0 saturated carbocycles. The summed E-state index contributed by atoms with van der Waals surface area (Å²) in [7, 11) is 3.11. The summed E-state index contributed by atoms with van der Waals surface area (Å²) in [6.45, 7) is 1.82. The van der Waals surface area contributed by atoms with Crippen LogP contribution in [-0.2, 0) is 16.1 Å². The van der Waals surface area contributed by atoms with Crippen molar-refractivity contribution in [3.8, 4) is 11.5 Å². The first-order valence-corrected chi connectivity index (χ1v) is 9.54. The highest BCUT2D eigenvalue weighted by Crippen LogP contribution is 2.27. The van der Waals surface area contributed by atoms with E-state index >= 15 is 0 Å². The van der Waals surface area contributed by atoms with Gasteiger partial charge in [0, 0.05) is 11.4 Å². The molecule has 0 aliphatic carbocycles. The Balaban J connectivity index is 1.90. The van der Waals surface area contributed by atoms with Gasteiger partial charge in [-0.2, -0.15) is 0 Å². The summed E-state index contributed by atoms with van der Waals surface area (Å²) in [4.78, 5) is 25.4. The molecule has 0 bridgehead atoms. The average molecular weight is 389 g/mol. The molecule has 0 heterocycles. The Hall–Kier alpha value is -2.67. The van der Waals surface area contributed by atoms with Gasteiger partial charge in [0.15, 0.2) is 17.6 Å². The number of rotatable bonds is 8. The monoisotopic (exact) mass is 389 g/mol. The van der Waals surface area contributed by atoms with Crippen LogP contribution in [0, 0.1) is 0 Å². The summed E-state index contributed by atoms with van der Waals surface area (Å²) >= 11 is 1.58. The fraction of sp³-hybridized carbons (Fsp3) is 0.300. The molecule has 1 N–H and O–H groups in total.